The fraction of sp³-hybridized carbons (Fsp3) is 0.333. The van der Waals surface area contributed by atoms with Crippen molar-refractivity contribution in [3.63, 3.8) is 0 Å². The molecule has 0 atom stereocenters. The van der Waals surface area contributed by atoms with E-state index in [0.717, 1.165) is 24.2 Å². The maximum Gasteiger partial charge on any atom is 0.417 e. The van der Waals surface area contributed by atoms with Gasteiger partial charge >= 0.3 is 6.18 Å². The Morgan fingerprint density at radius 1 is 1.27 bits per heavy atom. The fourth-order valence-electron chi connectivity index (χ4n) is 2.20. The van der Waals surface area contributed by atoms with Gasteiger partial charge in [0, 0.05) is 17.9 Å². The molecule has 1 heterocycles. The minimum atomic E-state index is -4.65. The molecule has 0 saturated carbocycles. The van der Waals surface area contributed by atoms with Gasteiger partial charge in [0.25, 0.3) is 0 Å². The third-order valence-electron chi connectivity index (χ3n) is 3.38. The number of nitrogens with zero attached hydrogens (tertiary/aromatic N) is 2. The number of hydrogen-bond acceptors (Lipinski definition) is 5. The molecule has 1 aromatic carbocycles. The summed E-state index contributed by atoms with van der Waals surface area (Å²) in [6, 6.07) is 9.21. The summed E-state index contributed by atoms with van der Waals surface area (Å²) < 4.78 is 45.7. The van der Waals surface area contributed by atoms with Gasteiger partial charge in [-0.15, -0.1) is 11.8 Å². The van der Waals surface area contributed by atoms with Crippen LogP contribution in [0.3, 0.4) is 0 Å². The first-order valence-corrected chi connectivity index (χ1v) is 8.97. The largest absolute Gasteiger partial charge is 0.494 e. The Labute approximate surface area is 154 Å². The molecule has 26 heavy (non-hydrogen) atoms. The van der Waals surface area contributed by atoms with Crippen LogP contribution in [0, 0.1) is 11.3 Å². The van der Waals surface area contributed by atoms with E-state index in [9.17, 15) is 18.4 Å². The zero-order chi connectivity index (χ0) is 19.2. The Hall–Kier alpha value is -2.24. The van der Waals surface area contributed by atoms with Crippen LogP contribution >= 0.6 is 11.8 Å². The summed E-state index contributed by atoms with van der Waals surface area (Å²) in [5, 5.41) is 9.23. The number of thioether (sulfide) groups is 1. The molecule has 0 radical (unpaired) electrons. The molecule has 2 rings (SSSR count). The topological polar surface area (TPSA) is 71.9 Å². The van der Waals surface area contributed by atoms with E-state index in [0.29, 0.717) is 23.7 Å². The summed E-state index contributed by atoms with van der Waals surface area (Å²) in [7, 11) is 0. The third kappa shape index (κ3) is 4.90. The number of halogens is 3. The second-order valence-corrected chi connectivity index (χ2v) is 6.44. The number of alkyl halides is 3. The van der Waals surface area contributed by atoms with Crippen molar-refractivity contribution in [2.75, 3.05) is 18.9 Å². The fourth-order valence-corrected chi connectivity index (χ4v) is 2.98. The number of pyridine rings is 1. The van der Waals surface area contributed by atoms with E-state index >= 15 is 0 Å². The Bertz CT molecular complexity index is 786. The molecule has 2 N–H and O–H groups in total. The van der Waals surface area contributed by atoms with Gasteiger partial charge < -0.3 is 10.5 Å². The van der Waals surface area contributed by atoms with E-state index in [2.05, 4.69) is 4.98 Å². The Kier molecular flexibility index (Phi) is 6.89. The van der Waals surface area contributed by atoms with E-state index in [1.165, 1.54) is 0 Å². The van der Waals surface area contributed by atoms with Gasteiger partial charge in [0.1, 0.15) is 16.8 Å². The van der Waals surface area contributed by atoms with Gasteiger partial charge in [0.15, 0.2) is 0 Å². The van der Waals surface area contributed by atoms with Crippen LogP contribution < -0.4 is 10.5 Å². The molecule has 8 heteroatoms. The highest BCUT2D eigenvalue weighted by Gasteiger charge is 2.36. The second kappa shape index (κ2) is 8.92. The predicted molar refractivity (Wildman–Crippen MR) is 95.0 cm³/mol. The second-order valence-electron chi connectivity index (χ2n) is 5.35. The lowest BCUT2D eigenvalue weighted by molar-refractivity contribution is -0.138. The highest BCUT2D eigenvalue weighted by Crippen LogP contribution is 2.38. The molecular weight excluding hydrogens is 363 g/mol. The van der Waals surface area contributed by atoms with E-state index in [1.807, 2.05) is 6.92 Å². The van der Waals surface area contributed by atoms with E-state index in [4.69, 9.17) is 10.5 Å². The summed E-state index contributed by atoms with van der Waals surface area (Å²) in [4.78, 5) is 4.26. The lowest BCUT2D eigenvalue weighted by Crippen LogP contribution is -2.11. The molecule has 2 aromatic rings. The summed E-state index contributed by atoms with van der Waals surface area (Å²) in [5.74, 6) is 1.00. The Morgan fingerprint density at radius 3 is 2.50 bits per heavy atom. The van der Waals surface area contributed by atoms with Crippen LogP contribution in [0.4, 0.5) is 13.2 Å². The van der Waals surface area contributed by atoms with Crippen molar-refractivity contribution in [2.24, 2.45) is 5.73 Å². The molecule has 138 valence electrons. The number of rotatable bonds is 7. The highest BCUT2D eigenvalue weighted by atomic mass is 32.2. The molecule has 0 spiro atoms. The van der Waals surface area contributed by atoms with E-state index in [-0.39, 0.29) is 17.3 Å². The molecule has 0 fully saturated rings. The molecule has 0 aliphatic rings. The van der Waals surface area contributed by atoms with Crippen LogP contribution in [0.1, 0.15) is 24.5 Å². The number of nitriles is 1. The van der Waals surface area contributed by atoms with Gasteiger partial charge in [-0.2, -0.15) is 18.4 Å². The molecule has 0 aliphatic carbocycles. The van der Waals surface area contributed by atoms with Crippen LogP contribution in [0.25, 0.3) is 11.3 Å². The summed E-state index contributed by atoms with van der Waals surface area (Å²) in [6.07, 6.45) is -3.79. The normalized spacial score (nSPS) is 11.2. The molecule has 1 aromatic heterocycles. The van der Waals surface area contributed by atoms with Crippen molar-refractivity contribution in [3.8, 4) is 23.1 Å². The quantitative estimate of drug-likeness (QED) is 0.716. The number of benzene rings is 1. The lowest BCUT2D eigenvalue weighted by Gasteiger charge is -2.14. The summed E-state index contributed by atoms with van der Waals surface area (Å²) in [5.41, 5.74) is 4.63. The van der Waals surface area contributed by atoms with Crippen molar-refractivity contribution in [3.05, 3.63) is 41.5 Å². The highest BCUT2D eigenvalue weighted by molar-refractivity contribution is 7.99. The zero-order valence-electron chi connectivity index (χ0n) is 14.1. The van der Waals surface area contributed by atoms with Crippen molar-refractivity contribution in [2.45, 2.75) is 24.5 Å². The first-order chi connectivity index (χ1) is 12.4. The van der Waals surface area contributed by atoms with Crippen LogP contribution in [0.15, 0.2) is 35.4 Å². The van der Waals surface area contributed by atoms with Crippen molar-refractivity contribution in [1.29, 1.82) is 5.26 Å². The molecule has 0 unspecified atom stereocenters. The molecule has 0 amide bonds. The minimum absolute atomic E-state index is 0.0362. The van der Waals surface area contributed by atoms with Gasteiger partial charge in [0.2, 0.25) is 0 Å². The van der Waals surface area contributed by atoms with Crippen LogP contribution in [0.5, 0.6) is 5.75 Å². The Balaban J connectivity index is 2.49. The van der Waals surface area contributed by atoms with Crippen molar-refractivity contribution < 1.29 is 17.9 Å². The van der Waals surface area contributed by atoms with Gasteiger partial charge in [-0.05, 0) is 36.8 Å². The first-order valence-electron chi connectivity index (χ1n) is 7.99. The van der Waals surface area contributed by atoms with Crippen molar-refractivity contribution in [1.82, 2.24) is 4.98 Å². The van der Waals surface area contributed by atoms with Crippen LogP contribution in [-0.4, -0.2) is 23.9 Å². The average Bonchev–Trinajstić information content (AvgIpc) is 2.63. The summed E-state index contributed by atoms with van der Waals surface area (Å²) >= 11 is 1.04. The lowest BCUT2D eigenvalue weighted by atomic mass is 10.1. The zero-order valence-corrected chi connectivity index (χ0v) is 15.0. The minimum Gasteiger partial charge on any atom is -0.494 e. The maximum absolute atomic E-state index is 13.4. The Morgan fingerprint density at radius 2 is 1.96 bits per heavy atom. The monoisotopic (exact) mass is 381 g/mol. The van der Waals surface area contributed by atoms with E-state index < -0.39 is 17.3 Å². The van der Waals surface area contributed by atoms with Gasteiger partial charge in [-0.1, -0.05) is 6.92 Å². The van der Waals surface area contributed by atoms with Gasteiger partial charge in [0.05, 0.1) is 23.4 Å². The molecule has 4 nitrogen and oxygen atoms in total. The summed E-state index contributed by atoms with van der Waals surface area (Å²) in [6.45, 7) is 2.81. The number of ether oxygens (including phenoxy) is 1. The number of nitrogens with two attached hydrogens (primary N) is 1. The SMILES string of the molecule is CCCOc1ccc(-c2cc(C(F)(F)F)c(C#N)c(SCCN)n2)cc1. The third-order valence-corrected chi connectivity index (χ3v) is 4.39. The molecule has 0 bridgehead atoms. The van der Waals surface area contributed by atoms with Gasteiger partial charge in [-0.25, -0.2) is 4.98 Å². The molecular formula is C18H18F3N3OS. The smallest absolute Gasteiger partial charge is 0.417 e. The maximum atomic E-state index is 13.4. The standard InChI is InChI=1S/C18H18F3N3OS/c1-2-8-25-13-5-3-12(4-6-13)16-10-15(18(19,20)21)14(11-23)17(24-16)26-9-7-22/h3-6,10H,2,7-9,22H2,1H3. The van der Waals surface area contributed by atoms with Gasteiger partial charge in [-0.3, -0.25) is 0 Å². The number of aromatic nitrogens is 1. The van der Waals surface area contributed by atoms with Crippen LogP contribution in [-0.2, 0) is 6.18 Å². The number of hydrogen-bond donors (Lipinski definition) is 1. The van der Waals surface area contributed by atoms with Crippen molar-refractivity contribution >= 4 is 11.8 Å². The van der Waals surface area contributed by atoms with E-state index in [1.54, 1.807) is 30.3 Å². The van der Waals surface area contributed by atoms with Crippen LogP contribution in [0.2, 0.25) is 0 Å². The predicted octanol–water partition coefficient (Wildman–Crippen LogP) is 4.48. The average molecular weight is 381 g/mol. The molecule has 0 saturated heterocycles. The first kappa shape index (κ1) is 20.1. The molecule has 0 aliphatic heterocycles.